The Morgan fingerprint density at radius 2 is 1.82 bits per heavy atom. The minimum Gasteiger partial charge on any atom is -0.378 e. The summed E-state index contributed by atoms with van der Waals surface area (Å²) < 4.78 is 0. The highest BCUT2D eigenvalue weighted by Crippen LogP contribution is 2.27. The van der Waals surface area contributed by atoms with Crippen LogP contribution in [0.4, 0.5) is 11.4 Å². The molecule has 92 valence electrons. The first-order valence-corrected chi connectivity index (χ1v) is 5.76. The SMILES string of the molecule is CN(C)c1ccc(N2CC(C)(C)C(=O)N2)cc1. The molecule has 0 bridgehead atoms. The monoisotopic (exact) mass is 233 g/mol. The Labute approximate surface area is 102 Å². The largest absolute Gasteiger partial charge is 0.378 e. The van der Waals surface area contributed by atoms with Gasteiger partial charge in [0.2, 0.25) is 5.91 Å². The Hall–Kier alpha value is -1.71. The summed E-state index contributed by atoms with van der Waals surface area (Å²) in [5.74, 6) is 0.0780. The van der Waals surface area contributed by atoms with Crippen molar-refractivity contribution in [1.82, 2.24) is 5.43 Å². The van der Waals surface area contributed by atoms with Crippen molar-refractivity contribution in [2.45, 2.75) is 13.8 Å². The van der Waals surface area contributed by atoms with E-state index in [-0.39, 0.29) is 11.3 Å². The molecule has 1 aromatic carbocycles. The molecule has 0 aliphatic carbocycles. The van der Waals surface area contributed by atoms with Gasteiger partial charge in [-0.2, -0.15) is 0 Å². The normalized spacial score (nSPS) is 18.1. The molecule has 0 unspecified atom stereocenters. The molecule has 1 fully saturated rings. The lowest BCUT2D eigenvalue weighted by Crippen LogP contribution is -2.33. The molecular weight excluding hydrogens is 214 g/mol. The molecule has 1 N–H and O–H groups in total. The van der Waals surface area contributed by atoms with Gasteiger partial charge >= 0.3 is 0 Å². The summed E-state index contributed by atoms with van der Waals surface area (Å²) in [5, 5.41) is 1.90. The fourth-order valence-electron chi connectivity index (χ4n) is 1.87. The minimum absolute atomic E-state index is 0.0780. The van der Waals surface area contributed by atoms with Crippen LogP contribution in [0.3, 0.4) is 0 Å². The van der Waals surface area contributed by atoms with Crippen molar-refractivity contribution in [3.05, 3.63) is 24.3 Å². The van der Waals surface area contributed by atoms with Crippen LogP contribution in [-0.4, -0.2) is 26.5 Å². The molecule has 17 heavy (non-hydrogen) atoms. The summed E-state index contributed by atoms with van der Waals surface area (Å²) in [4.78, 5) is 13.7. The summed E-state index contributed by atoms with van der Waals surface area (Å²) in [7, 11) is 4.02. The molecule has 1 aliphatic heterocycles. The van der Waals surface area contributed by atoms with Crippen molar-refractivity contribution >= 4 is 17.3 Å². The molecule has 1 heterocycles. The van der Waals surface area contributed by atoms with Gasteiger partial charge in [-0.1, -0.05) is 0 Å². The van der Waals surface area contributed by atoms with E-state index in [2.05, 4.69) is 10.3 Å². The minimum atomic E-state index is -0.319. The number of hydrogen-bond acceptors (Lipinski definition) is 3. The standard InChI is InChI=1S/C13H19N3O/c1-13(2)9-16(14-12(13)17)11-7-5-10(6-8-11)15(3)4/h5-8H,9H2,1-4H3,(H,14,17). The van der Waals surface area contributed by atoms with E-state index in [0.29, 0.717) is 6.54 Å². The van der Waals surface area contributed by atoms with Gasteiger partial charge in [0, 0.05) is 19.8 Å². The van der Waals surface area contributed by atoms with Crippen molar-refractivity contribution in [1.29, 1.82) is 0 Å². The Morgan fingerprint density at radius 1 is 1.24 bits per heavy atom. The molecule has 1 amide bonds. The zero-order valence-electron chi connectivity index (χ0n) is 10.8. The van der Waals surface area contributed by atoms with Gasteiger partial charge in [-0.15, -0.1) is 0 Å². The van der Waals surface area contributed by atoms with Crippen molar-refractivity contribution < 1.29 is 4.79 Å². The number of benzene rings is 1. The Morgan fingerprint density at radius 3 is 2.24 bits per heavy atom. The third-order valence-electron chi connectivity index (χ3n) is 3.08. The van der Waals surface area contributed by atoms with Crippen LogP contribution >= 0.6 is 0 Å². The van der Waals surface area contributed by atoms with E-state index >= 15 is 0 Å². The summed E-state index contributed by atoms with van der Waals surface area (Å²) in [5.41, 5.74) is 4.74. The first-order chi connectivity index (χ1) is 7.90. The van der Waals surface area contributed by atoms with E-state index in [1.54, 1.807) is 0 Å². The zero-order chi connectivity index (χ0) is 12.6. The Balaban J connectivity index is 2.17. The molecule has 4 heteroatoms. The Bertz CT molecular complexity index is 423. The van der Waals surface area contributed by atoms with E-state index in [0.717, 1.165) is 11.4 Å². The van der Waals surface area contributed by atoms with Crippen LogP contribution in [0.15, 0.2) is 24.3 Å². The molecule has 0 saturated carbocycles. The van der Waals surface area contributed by atoms with Crippen LogP contribution in [0.1, 0.15) is 13.8 Å². The maximum atomic E-state index is 11.7. The molecule has 0 spiro atoms. The van der Waals surface area contributed by atoms with E-state index in [9.17, 15) is 4.79 Å². The van der Waals surface area contributed by atoms with E-state index in [4.69, 9.17) is 0 Å². The number of anilines is 2. The topological polar surface area (TPSA) is 35.6 Å². The van der Waals surface area contributed by atoms with E-state index in [1.165, 1.54) is 0 Å². The molecule has 1 aromatic rings. The molecule has 1 saturated heterocycles. The lowest BCUT2D eigenvalue weighted by Gasteiger charge is -2.20. The van der Waals surface area contributed by atoms with Crippen molar-refractivity contribution in [2.24, 2.45) is 5.41 Å². The second-order valence-electron chi connectivity index (χ2n) is 5.32. The van der Waals surface area contributed by atoms with Gasteiger partial charge in [-0.25, -0.2) is 0 Å². The predicted molar refractivity (Wildman–Crippen MR) is 70.0 cm³/mol. The van der Waals surface area contributed by atoms with Crippen LogP contribution < -0.4 is 15.3 Å². The fraction of sp³-hybridized carbons (Fsp3) is 0.462. The van der Waals surface area contributed by atoms with Gasteiger partial charge < -0.3 is 4.90 Å². The van der Waals surface area contributed by atoms with Crippen LogP contribution in [0.2, 0.25) is 0 Å². The maximum absolute atomic E-state index is 11.7. The van der Waals surface area contributed by atoms with Crippen molar-refractivity contribution in [3.63, 3.8) is 0 Å². The number of carbonyl (C=O) groups excluding carboxylic acids is 1. The first kappa shape index (κ1) is 11.8. The number of nitrogens with one attached hydrogen (secondary N) is 1. The Kier molecular flexibility index (Phi) is 2.73. The third-order valence-corrected chi connectivity index (χ3v) is 3.08. The van der Waals surface area contributed by atoms with Gasteiger partial charge in [0.05, 0.1) is 17.6 Å². The van der Waals surface area contributed by atoms with Gasteiger partial charge in [0.1, 0.15) is 0 Å². The highest BCUT2D eigenvalue weighted by Gasteiger charge is 2.37. The van der Waals surface area contributed by atoms with Gasteiger partial charge in [-0.3, -0.25) is 15.2 Å². The summed E-state index contributed by atoms with van der Waals surface area (Å²) in [6, 6.07) is 8.15. The lowest BCUT2D eigenvalue weighted by atomic mass is 9.94. The molecule has 0 radical (unpaired) electrons. The number of nitrogens with zero attached hydrogens (tertiary/aromatic N) is 2. The third kappa shape index (κ3) is 2.20. The van der Waals surface area contributed by atoms with Crippen molar-refractivity contribution in [3.8, 4) is 0 Å². The number of hydrogen-bond donors (Lipinski definition) is 1. The van der Waals surface area contributed by atoms with Crippen LogP contribution in [0.25, 0.3) is 0 Å². The average molecular weight is 233 g/mol. The second kappa shape index (κ2) is 3.95. The quantitative estimate of drug-likeness (QED) is 0.843. The number of hydrazine groups is 1. The van der Waals surface area contributed by atoms with Gasteiger partial charge in [-0.05, 0) is 38.1 Å². The first-order valence-electron chi connectivity index (χ1n) is 5.76. The molecule has 2 rings (SSSR count). The fourth-order valence-corrected chi connectivity index (χ4v) is 1.87. The smallest absolute Gasteiger partial charge is 0.246 e. The highest BCUT2D eigenvalue weighted by atomic mass is 16.2. The lowest BCUT2D eigenvalue weighted by molar-refractivity contribution is -0.125. The zero-order valence-corrected chi connectivity index (χ0v) is 10.8. The van der Waals surface area contributed by atoms with Gasteiger partial charge in [0.15, 0.2) is 0 Å². The molecule has 0 atom stereocenters. The van der Waals surface area contributed by atoms with Crippen molar-refractivity contribution in [2.75, 3.05) is 30.5 Å². The molecular formula is C13H19N3O. The summed E-state index contributed by atoms with van der Waals surface area (Å²) in [6.07, 6.45) is 0. The molecule has 0 aromatic heterocycles. The number of rotatable bonds is 2. The molecule has 1 aliphatic rings. The van der Waals surface area contributed by atoms with E-state index < -0.39 is 0 Å². The number of amides is 1. The van der Waals surface area contributed by atoms with E-state index in [1.807, 2.05) is 57.2 Å². The summed E-state index contributed by atoms with van der Waals surface area (Å²) >= 11 is 0. The predicted octanol–water partition coefficient (Wildman–Crippen LogP) is 1.63. The average Bonchev–Trinajstić information content (AvgIpc) is 2.54. The second-order valence-corrected chi connectivity index (χ2v) is 5.32. The maximum Gasteiger partial charge on any atom is 0.246 e. The van der Waals surface area contributed by atoms with Crippen LogP contribution in [0, 0.1) is 5.41 Å². The molecule has 4 nitrogen and oxygen atoms in total. The summed E-state index contributed by atoms with van der Waals surface area (Å²) in [6.45, 7) is 4.61. The van der Waals surface area contributed by atoms with Crippen LogP contribution in [0.5, 0.6) is 0 Å². The highest BCUT2D eigenvalue weighted by molar-refractivity contribution is 5.87. The van der Waals surface area contributed by atoms with Gasteiger partial charge in [0.25, 0.3) is 0 Å². The number of carbonyl (C=O) groups is 1. The van der Waals surface area contributed by atoms with Crippen LogP contribution in [-0.2, 0) is 4.79 Å².